The number of nitrogens with one attached hydrogen (secondary N) is 1. The number of aromatic nitrogens is 2. The maximum atomic E-state index is 5.59. The van der Waals surface area contributed by atoms with Crippen LogP contribution in [0.25, 0.3) is 0 Å². The highest BCUT2D eigenvalue weighted by molar-refractivity contribution is 5.43. The van der Waals surface area contributed by atoms with Crippen LogP contribution in [-0.2, 0) is 0 Å². The fraction of sp³-hybridized carbons (Fsp3) is 0.667. The monoisotopic (exact) mass is 235 g/mol. The first-order chi connectivity index (χ1) is 8.25. The molecule has 1 aromatic rings. The molecule has 5 nitrogen and oxygen atoms in total. The number of hydrogen-bond donors (Lipinski definition) is 2. The third-order valence-corrected chi connectivity index (χ3v) is 3.41. The smallest absolute Gasteiger partial charge is 0.131 e. The summed E-state index contributed by atoms with van der Waals surface area (Å²) in [5, 5.41) is 3.27. The molecule has 0 aliphatic heterocycles. The van der Waals surface area contributed by atoms with Crippen molar-refractivity contribution in [2.75, 3.05) is 31.2 Å². The Kier molecular flexibility index (Phi) is 4.14. The van der Waals surface area contributed by atoms with E-state index in [-0.39, 0.29) is 0 Å². The minimum atomic E-state index is 0.506. The van der Waals surface area contributed by atoms with Gasteiger partial charge < -0.3 is 16.0 Å². The molecule has 5 heteroatoms. The van der Waals surface area contributed by atoms with Gasteiger partial charge in [0.05, 0.1) is 0 Å². The van der Waals surface area contributed by atoms with Crippen molar-refractivity contribution >= 4 is 11.6 Å². The Bertz CT molecular complexity index is 349. The minimum Gasteiger partial charge on any atom is -0.384 e. The lowest BCUT2D eigenvalue weighted by atomic mass is 10.2. The van der Waals surface area contributed by atoms with Gasteiger partial charge in [-0.3, -0.25) is 0 Å². The summed E-state index contributed by atoms with van der Waals surface area (Å²) in [6, 6.07) is 2.53. The molecular weight excluding hydrogens is 214 g/mol. The fourth-order valence-electron chi connectivity index (χ4n) is 2.36. The normalized spacial score (nSPS) is 16.6. The largest absolute Gasteiger partial charge is 0.384 e. The summed E-state index contributed by atoms with van der Waals surface area (Å²) in [4.78, 5) is 10.4. The zero-order valence-corrected chi connectivity index (χ0v) is 10.4. The molecule has 0 amide bonds. The van der Waals surface area contributed by atoms with Crippen molar-refractivity contribution in [1.82, 2.24) is 14.9 Å². The van der Waals surface area contributed by atoms with Crippen molar-refractivity contribution in [3.63, 3.8) is 0 Å². The summed E-state index contributed by atoms with van der Waals surface area (Å²) in [6.07, 6.45) is 6.93. The first kappa shape index (κ1) is 12.1. The molecule has 0 unspecified atom stereocenters. The standard InChI is InChI=1S/C12H21N5/c1-17(10-4-2-3-5-10)7-6-14-12-8-11(13)15-9-16-12/h8-10H,2-7H2,1H3,(H3,13,14,15,16). The summed E-state index contributed by atoms with van der Waals surface area (Å²) in [6.45, 7) is 1.93. The summed E-state index contributed by atoms with van der Waals surface area (Å²) in [5.41, 5.74) is 5.59. The van der Waals surface area contributed by atoms with Crippen molar-refractivity contribution in [2.45, 2.75) is 31.7 Å². The van der Waals surface area contributed by atoms with E-state index in [0.717, 1.165) is 24.9 Å². The first-order valence-corrected chi connectivity index (χ1v) is 6.27. The molecule has 0 radical (unpaired) electrons. The third kappa shape index (κ3) is 3.56. The molecule has 1 aliphatic carbocycles. The molecular formula is C12H21N5. The molecule has 0 spiro atoms. The average molecular weight is 235 g/mol. The summed E-state index contributed by atoms with van der Waals surface area (Å²) in [7, 11) is 2.20. The molecule has 1 heterocycles. The molecule has 0 atom stereocenters. The van der Waals surface area contributed by atoms with Gasteiger partial charge in [-0.1, -0.05) is 12.8 Å². The Labute approximate surface area is 102 Å². The molecule has 3 N–H and O–H groups in total. The predicted octanol–water partition coefficient (Wildman–Crippen LogP) is 1.35. The van der Waals surface area contributed by atoms with Gasteiger partial charge in [0.25, 0.3) is 0 Å². The maximum Gasteiger partial charge on any atom is 0.131 e. The Balaban J connectivity index is 1.71. The molecule has 1 aliphatic rings. The van der Waals surface area contributed by atoms with E-state index < -0.39 is 0 Å². The van der Waals surface area contributed by atoms with Crippen molar-refractivity contribution in [3.8, 4) is 0 Å². The van der Waals surface area contributed by atoms with Gasteiger partial charge in [0.2, 0.25) is 0 Å². The Morgan fingerprint density at radius 3 is 2.88 bits per heavy atom. The highest BCUT2D eigenvalue weighted by atomic mass is 15.2. The topological polar surface area (TPSA) is 67.1 Å². The predicted molar refractivity (Wildman–Crippen MR) is 69.8 cm³/mol. The van der Waals surface area contributed by atoms with Crippen LogP contribution < -0.4 is 11.1 Å². The number of nitrogens with zero attached hydrogens (tertiary/aromatic N) is 3. The van der Waals surface area contributed by atoms with Crippen molar-refractivity contribution in [3.05, 3.63) is 12.4 Å². The van der Waals surface area contributed by atoms with Crippen LogP contribution in [0.2, 0.25) is 0 Å². The highest BCUT2D eigenvalue weighted by Crippen LogP contribution is 2.21. The van der Waals surface area contributed by atoms with Crippen LogP contribution in [0.15, 0.2) is 12.4 Å². The number of hydrogen-bond acceptors (Lipinski definition) is 5. The number of rotatable bonds is 5. The van der Waals surface area contributed by atoms with Gasteiger partial charge in [-0.25, -0.2) is 9.97 Å². The molecule has 0 aromatic carbocycles. The van der Waals surface area contributed by atoms with Crippen LogP contribution in [0.3, 0.4) is 0 Å². The Morgan fingerprint density at radius 2 is 2.18 bits per heavy atom. The van der Waals surface area contributed by atoms with E-state index in [2.05, 4.69) is 27.2 Å². The molecule has 1 fully saturated rings. The Morgan fingerprint density at radius 1 is 1.41 bits per heavy atom. The van der Waals surface area contributed by atoms with Crippen LogP contribution in [0, 0.1) is 0 Å². The van der Waals surface area contributed by atoms with E-state index in [1.807, 2.05) is 0 Å². The fourth-order valence-corrected chi connectivity index (χ4v) is 2.36. The van der Waals surface area contributed by atoms with Crippen molar-refractivity contribution in [2.24, 2.45) is 0 Å². The second-order valence-corrected chi connectivity index (χ2v) is 4.67. The molecule has 94 valence electrons. The summed E-state index contributed by atoms with van der Waals surface area (Å²) >= 11 is 0. The van der Waals surface area contributed by atoms with Crippen LogP contribution in [0.4, 0.5) is 11.6 Å². The number of nitrogens with two attached hydrogens (primary N) is 1. The molecule has 0 bridgehead atoms. The van der Waals surface area contributed by atoms with Gasteiger partial charge in [-0.15, -0.1) is 0 Å². The van der Waals surface area contributed by atoms with Crippen molar-refractivity contribution in [1.29, 1.82) is 0 Å². The van der Waals surface area contributed by atoms with E-state index in [0.29, 0.717) is 5.82 Å². The van der Waals surface area contributed by atoms with Gasteiger partial charge in [0.15, 0.2) is 0 Å². The third-order valence-electron chi connectivity index (χ3n) is 3.41. The number of anilines is 2. The zero-order chi connectivity index (χ0) is 12.1. The van der Waals surface area contributed by atoms with Gasteiger partial charge in [-0.2, -0.15) is 0 Å². The van der Waals surface area contributed by atoms with E-state index in [4.69, 9.17) is 5.73 Å². The average Bonchev–Trinajstić information content (AvgIpc) is 2.82. The molecule has 1 saturated carbocycles. The van der Waals surface area contributed by atoms with Crippen molar-refractivity contribution < 1.29 is 0 Å². The van der Waals surface area contributed by atoms with E-state index in [1.165, 1.54) is 32.0 Å². The van der Waals surface area contributed by atoms with E-state index >= 15 is 0 Å². The second kappa shape index (κ2) is 5.82. The van der Waals surface area contributed by atoms with Crippen LogP contribution in [-0.4, -0.2) is 41.0 Å². The lowest BCUT2D eigenvalue weighted by molar-refractivity contribution is 0.254. The van der Waals surface area contributed by atoms with E-state index in [1.54, 1.807) is 6.07 Å². The van der Waals surface area contributed by atoms with Crippen LogP contribution in [0.5, 0.6) is 0 Å². The summed E-state index contributed by atoms with van der Waals surface area (Å²) in [5.74, 6) is 1.31. The molecule has 1 aromatic heterocycles. The van der Waals surface area contributed by atoms with Gasteiger partial charge >= 0.3 is 0 Å². The molecule has 17 heavy (non-hydrogen) atoms. The van der Waals surface area contributed by atoms with Gasteiger partial charge in [-0.05, 0) is 19.9 Å². The van der Waals surface area contributed by atoms with Crippen LogP contribution >= 0.6 is 0 Å². The molecule has 2 rings (SSSR count). The van der Waals surface area contributed by atoms with E-state index in [9.17, 15) is 0 Å². The second-order valence-electron chi connectivity index (χ2n) is 4.67. The minimum absolute atomic E-state index is 0.506. The van der Waals surface area contributed by atoms with Gasteiger partial charge in [0, 0.05) is 25.2 Å². The first-order valence-electron chi connectivity index (χ1n) is 6.27. The highest BCUT2D eigenvalue weighted by Gasteiger charge is 2.18. The lowest BCUT2D eigenvalue weighted by Gasteiger charge is -2.23. The lowest BCUT2D eigenvalue weighted by Crippen LogP contribution is -2.33. The molecule has 0 saturated heterocycles. The van der Waals surface area contributed by atoms with Crippen LogP contribution in [0.1, 0.15) is 25.7 Å². The van der Waals surface area contributed by atoms with Gasteiger partial charge in [0.1, 0.15) is 18.0 Å². The Hall–Kier alpha value is -1.36. The summed E-state index contributed by atoms with van der Waals surface area (Å²) < 4.78 is 0. The number of nitrogen functional groups attached to an aromatic ring is 1. The maximum absolute atomic E-state index is 5.59. The number of likely N-dealkylation sites (N-methyl/N-ethyl adjacent to an activating group) is 1. The quantitative estimate of drug-likeness (QED) is 0.806. The SMILES string of the molecule is CN(CCNc1cc(N)ncn1)C1CCCC1. The zero-order valence-electron chi connectivity index (χ0n) is 10.4.